The predicted octanol–water partition coefficient (Wildman–Crippen LogP) is 2.38. The number of nitro benzene ring substituents is 1. The lowest BCUT2D eigenvalue weighted by Gasteiger charge is -2.50. The molecule has 0 radical (unpaired) electrons. The van der Waals surface area contributed by atoms with Gasteiger partial charge in [0.05, 0.1) is 11.0 Å². The molecule has 156 valence electrons. The number of carbonyl (C=O) groups excluding carboxylic acids is 4. The van der Waals surface area contributed by atoms with Gasteiger partial charge in [-0.15, -0.1) is 0 Å². The number of amides is 1. The number of ether oxygens (including phenoxy) is 1. The highest BCUT2D eigenvalue weighted by molar-refractivity contribution is 6.31. The van der Waals surface area contributed by atoms with Crippen LogP contribution in [0, 0.1) is 15.5 Å². The van der Waals surface area contributed by atoms with E-state index in [9.17, 15) is 29.3 Å². The standard InChI is InChI=1S/C19H21ClN2O7/c1-4-19(11(2)23,12(3)24)15-9-16(25)21(15)17(20)18(26)29-10-13-5-7-14(8-6-13)22(27)28/h5-8,15,17H,4,9-10H2,1-3H3. The molecule has 1 amide bonds. The molecule has 2 unspecified atom stereocenters. The number of Topliss-reactive ketones (excluding diaryl/α,β-unsaturated/α-hetero) is 2. The van der Waals surface area contributed by atoms with Crippen molar-refractivity contribution in [2.45, 2.75) is 51.8 Å². The minimum Gasteiger partial charge on any atom is -0.458 e. The van der Waals surface area contributed by atoms with Crippen LogP contribution in [0.5, 0.6) is 0 Å². The number of hydrogen-bond donors (Lipinski definition) is 0. The van der Waals surface area contributed by atoms with Crippen LogP contribution in [0.15, 0.2) is 24.3 Å². The van der Waals surface area contributed by atoms with Crippen molar-refractivity contribution in [3.63, 3.8) is 0 Å². The molecular formula is C19H21ClN2O7. The second-order valence-corrected chi connectivity index (χ2v) is 7.24. The molecule has 1 aliphatic rings. The Balaban J connectivity index is 2.11. The highest BCUT2D eigenvalue weighted by atomic mass is 35.5. The van der Waals surface area contributed by atoms with Gasteiger partial charge in [0.25, 0.3) is 5.69 Å². The zero-order chi connectivity index (χ0) is 21.9. The molecule has 1 aliphatic heterocycles. The number of halogens is 1. The number of likely N-dealkylation sites (tertiary alicyclic amines) is 1. The van der Waals surface area contributed by atoms with E-state index in [2.05, 4.69) is 0 Å². The Hall–Kier alpha value is -2.81. The van der Waals surface area contributed by atoms with Gasteiger partial charge in [-0.3, -0.25) is 24.5 Å². The molecule has 0 spiro atoms. The van der Waals surface area contributed by atoms with Crippen molar-refractivity contribution in [2.24, 2.45) is 5.41 Å². The van der Waals surface area contributed by atoms with Crippen LogP contribution in [0.25, 0.3) is 0 Å². The number of esters is 1. The van der Waals surface area contributed by atoms with Crippen molar-refractivity contribution < 1.29 is 28.8 Å². The summed E-state index contributed by atoms with van der Waals surface area (Å²) in [5.41, 5.74) is -2.52. The third kappa shape index (κ3) is 4.14. The summed E-state index contributed by atoms with van der Waals surface area (Å²) in [6, 6.07) is 4.58. The molecule has 1 heterocycles. The number of rotatable bonds is 9. The Bertz CT molecular complexity index is 839. The first kappa shape index (κ1) is 22.5. The van der Waals surface area contributed by atoms with Gasteiger partial charge in [-0.2, -0.15) is 0 Å². The molecular weight excluding hydrogens is 404 g/mol. The summed E-state index contributed by atoms with van der Waals surface area (Å²) >= 11 is 6.15. The van der Waals surface area contributed by atoms with Crippen molar-refractivity contribution >= 4 is 40.7 Å². The molecule has 10 heteroatoms. The van der Waals surface area contributed by atoms with Crippen molar-refractivity contribution in [2.75, 3.05) is 0 Å². The first-order chi connectivity index (χ1) is 13.6. The average molecular weight is 425 g/mol. The Morgan fingerprint density at radius 1 is 1.28 bits per heavy atom. The largest absolute Gasteiger partial charge is 0.458 e. The average Bonchev–Trinajstić information content (AvgIpc) is 2.65. The topological polar surface area (TPSA) is 124 Å². The van der Waals surface area contributed by atoms with Crippen molar-refractivity contribution in [3.05, 3.63) is 39.9 Å². The molecule has 1 aromatic rings. The fourth-order valence-electron chi connectivity index (χ4n) is 3.63. The first-order valence-electron chi connectivity index (χ1n) is 8.93. The fourth-order valence-corrected chi connectivity index (χ4v) is 3.94. The zero-order valence-corrected chi connectivity index (χ0v) is 17.0. The number of hydrogen-bond acceptors (Lipinski definition) is 7. The minimum atomic E-state index is -1.50. The van der Waals surface area contributed by atoms with Gasteiger partial charge in [0.1, 0.15) is 23.6 Å². The minimum absolute atomic E-state index is 0.0636. The van der Waals surface area contributed by atoms with Gasteiger partial charge < -0.3 is 9.64 Å². The molecule has 0 saturated carbocycles. The number of alkyl halides is 1. The highest BCUT2D eigenvalue weighted by Crippen LogP contribution is 2.42. The maximum atomic E-state index is 12.3. The lowest BCUT2D eigenvalue weighted by Crippen LogP contribution is -2.67. The number of nitrogens with zero attached hydrogens (tertiary/aromatic N) is 2. The van der Waals surface area contributed by atoms with Crippen LogP contribution in [-0.2, 0) is 30.5 Å². The van der Waals surface area contributed by atoms with Crippen LogP contribution in [0.1, 0.15) is 39.2 Å². The van der Waals surface area contributed by atoms with E-state index >= 15 is 0 Å². The molecule has 29 heavy (non-hydrogen) atoms. The van der Waals surface area contributed by atoms with E-state index in [1.807, 2.05) is 0 Å². The van der Waals surface area contributed by atoms with Crippen molar-refractivity contribution in [1.82, 2.24) is 4.90 Å². The quantitative estimate of drug-likeness (QED) is 0.113. The maximum absolute atomic E-state index is 12.3. The number of benzene rings is 1. The van der Waals surface area contributed by atoms with Crippen LogP contribution < -0.4 is 0 Å². The van der Waals surface area contributed by atoms with Crippen LogP contribution in [0.2, 0.25) is 0 Å². The van der Waals surface area contributed by atoms with Gasteiger partial charge in [0, 0.05) is 18.6 Å². The molecule has 1 aromatic carbocycles. The third-order valence-electron chi connectivity index (χ3n) is 5.34. The summed E-state index contributed by atoms with van der Waals surface area (Å²) in [6.07, 6.45) is 0.111. The smallest absolute Gasteiger partial charge is 0.344 e. The predicted molar refractivity (Wildman–Crippen MR) is 102 cm³/mol. The molecule has 0 bridgehead atoms. The van der Waals surface area contributed by atoms with E-state index in [0.29, 0.717) is 5.56 Å². The van der Waals surface area contributed by atoms with Gasteiger partial charge in [0.2, 0.25) is 11.4 Å². The molecule has 9 nitrogen and oxygen atoms in total. The molecule has 0 aromatic heterocycles. The van der Waals surface area contributed by atoms with Gasteiger partial charge in [-0.25, -0.2) is 4.79 Å². The lowest BCUT2D eigenvalue weighted by molar-refractivity contribution is -0.384. The zero-order valence-electron chi connectivity index (χ0n) is 16.2. The van der Waals surface area contributed by atoms with E-state index in [-0.39, 0.29) is 25.1 Å². The van der Waals surface area contributed by atoms with Crippen LogP contribution in [0.4, 0.5) is 5.69 Å². The van der Waals surface area contributed by atoms with Gasteiger partial charge in [-0.05, 0) is 38.0 Å². The maximum Gasteiger partial charge on any atom is 0.344 e. The summed E-state index contributed by atoms with van der Waals surface area (Å²) < 4.78 is 5.11. The highest BCUT2D eigenvalue weighted by Gasteiger charge is 2.58. The second kappa shape index (κ2) is 8.69. The summed E-state index contributed by atoms with van der Waals surface area (Å²) in [7, 11) is 0. The van der Waals surface area contributed by atoms with E-state index in [4.69, 9.17) is 16.3 Å². The Kier molecular flexibility index (Phi) is 6.73. The van der Waals surface area contributed by atoms with Crippen molar-refractivity contribution in [1.29, 1.82) is 0 Å². The molecule has 0 aliphatic carbocycles. The molecule has 2 rings (SSSR count). The summed E-state index contributed by atoms with van der Waals surface area (Å²) in [6.45, 7) is 4.02. The first-order valence-corrected chi connectivity index (χ1v) is 9.37. The molecule has 1 fully saturated rings. The SMILES string of the molecule is CCC(C(C)=O)(C(C)=O)C1CC(=O)N1C(Cl)C(=O)OCc1ccc([N+](=O)[O-])cc1. The van der Waals surface area contributed by atoms with E-state index in [0.717, 1.165) is 4.90 Å². The van der Waals surface area contributed by atoms with Crippen molar-refractivity contribution in [3.8, 4) is 0 Å². The summed E-state index contributed by atoms with van der Waals surface area (Å²) in [4.78, 5) is 60.1. The van der Waals surface area contributed by atoms with E-state index in [1.165, 1.54) is 38.1 Å². The summed E-state index contributed by atoms with van der Waals surface area (Å²) in [5, 5.41) is 10.7. The summed E-state index contributed by atoms with van der Waals surface area (Å²) in [5.74, 6) is -2.15. The molecule has 1 saturated heterocycles. The van der Waals surface area contributed by atoms with Gasteiger partial charge >= 0.3 is 5.97 Å². The van der Waals surface area contributed by atoms with Crippen LogP contribution in [-0.4, -0.2) is 44.8 Å². The molecule has 2 atom stereocenters. The lowest BCUT2D eigenvalue weighted by atomic mass is 9.67. The van der Waals surface area contributed by atoms with E-state index in [1.54, 1.807) is 6.92 Å². The number of carbonyl (C=O) groups is 4. The van der Waals surface area contributed by atoms with E-state index < -0.39 is 45.3 Å². The Morgan fingerprint density at radius 2 is 1.83 bits per heavy atom. The number of ketones is 2. The Morgan fingerprint density at radius 3 is 2.24 bits per heavy atom. The van der Waals surface area contributed by atoms with Gasteiger partial charge in [-0.1, -0.05) is 18.5 Å². The van der Waals surface area contributed by atoms with Crippen LogP contribution in [0.3, 0.4) is 0 Å². The number of non-ortho nitro benzene ring substituents is 1. The van der Waals surface area contributed by atoms with Gasteiger partial charge in [0.15, 0.2) is 0 Å². The monoisotopic (exact) mass is 424 g/mol. The number of nitro groups is 1. The third-order valence-corrected chi connectivity index (χ3v) is 5.73. The second-order valence-electron chi connectivity index (χ2n) is 6.83. The Labute approximate surface area is 172 Å². The molecule has 0 N–H and O–H groups in total. The van der Waals surface area contributed by atoms with Crippen LogP contribution >= 0.6 is 11.6 Å². The fraction of sp³-hybridized carbons (Fsp3) is 0.474. The normalized spacial score (nSPS) is 17.3. The number of β-lactam (4-membered cyclic amide) rings is 1.